The summed E-state index contributed by atoms with van der Waals surface area (Å²) in [5, 5.41) is 2.49. The summed E-state index contributed by atoms with van der Waals surface area (Å²) >= 11 is 0. The molecule has 10 rings (SSSR count). The van der Waals surface area contributed by atoms with Crippen LogP contribution in [0.5, 0.6) is 0 Å². The van der Waals surface area contributed by atoms with Crippen LogP contribution in [0.3, 0.4) is 0 Å². The zero-order valence-electron chi connectivity index (χ0n) is 29.6. The van der Waals surface area contributed by atoms with Crippen molar-refractivity contribution in [1.29, 1.82) is 0 Å². The van der Waals surface area contributed by atoms with Gasteiger partial charge in [0.15, 0.2) is 5.58 Å². The molecule has 0 saturated heterocycles. The van der Waals surface area contributed by atoms with E-state index in [1.165, 1.54) is 49.7 Å². The molecular formula is C50H36N2O. The summed E-state index contributed by atoms with van der Waals surface area (Å²) in [7, 11) is 0. The number of fused-ring (bicyclic) bond motifs is 5. The molecule has 3 nitrogen and oxygen atoms in total. The van der Waals surface area contributed by atoms with Crippen molar-refractivity contribution < 1.29 is 4.42 Å². The first kappa shape index (κ1) is 31.1. The molecule has 0 atom stereocenters. The molecule has 0 fully saturated rings. The zero-order chi connectivity index (χ0) is 35.5. The van der Waals surface area contributed by atoms with E-state index in [-0.39, 0.29) is 5.41 Å². The van der Waals surface area contributed by atoms with Crippen LogP contribution in [0.4, 0.5) is 17.1 Å². The van der Waals surface area contributed by atoms with Gasteiger partial charge in [0.1, 0.15) is 5.52 Å². The van der Waals surface area contributed by atoms with Crippen LogP contribution < -0.4 is 4.90 Å². The second-order valence-electron chi connectivity index (χ2n) is 14.4. The minimum absolute atomic E-state index is 0.119. The van der Waals surface area contributed by atoms with Gasteiger partial charge in [-0.2, -0.15) is 0 Å². The lowest BCUT2D eigenvalue weighted by Crippen LogP contribution is -2.16. The summed E-state index contributed by atoms with van der Waals surface area (Å²) in [4.78, 5) is 7.24. The van der Waals surface area contributed by atoms with Gasteiger partial charge in [0.2, 0.25) is 5.89 Å². The van der Waals surface area contributed by atoms with Crippen LogP contribution in [0.25, 0.3) is 66.7 Å². The quantitative estimate of drug-likeness (QED) is 0.175. The van der Waals surface area contributed by atoms with Crippen LogP contribution >= 0.6 is 0 Å². The molecule has 1 heterocycles. The SMILES string of the molecule is CC1(C)c2ccccc2-c2ccc(N(c3ccc(-c4cccc5ccccc45)cc3)c3ccc4nc(-c5ccc(-c6ccccc6)cc5)oc4c3)cc21. The lowest BCUT2D eigenvalue weighted by Gasteiger charge is -2.28. The molecule has 0 radical (unpaired) electrons. The van der Waals surface area contributed by atoms with E-state index < -0.39 is 0 Å². The van der Waals surface area contributed by atoms with Crippen molar-refractivity contribution in [2.75, 3.05) is 4.90 Å². The molecule has 3 heteroatoms. The van der Waals surface area contributed by atoms with Crippen molar-refractivity contribution in [3.8, 4) is 44.8 Å². The third-order valence-electron chi connectivity index (χ3n) is 10.9. The summed E-state index contributed by atoms with van der Waals surface area (Å²) in [6.07, 6.45) is 0. The molecule has 9 aromatic rings. The Hall–Kier alpha value is -6.71. The Morgan fingerprint density at radius 3 is 1.91 bits per heavy atom. The first-order chi connectivity index (χ1) is 26.0. The normalized spacial score (nSPS) is 12.9. The topological polar surface area (TPSA) is 29.3 Å². The highest BCUT2D eigenvalue weighted by atomic mass is 16.3. The van der Waals surface area contributed by atoms with Gasteiger partial charge in [0, 0.05) is 34.1 Å². The Balaban J connectivity index is 1.07. The fourth-order valence-electron chi connectivity index (χ4n) is 8.16. The van der Waals surface area contributed by atoms with E-state index in [0.29, 0.717) is 5.89 Å². The van der Waals surface area contributed by atoms with Crippen molar-refractivity contribution in [2.24, 2.45) is 0 Å². The van der Waals surface area contributed by atoms with E-state index >= 15 is 0 Å². The van der Waals surface area contributed by atoms with Gasteiger partial charge in [-0.05, 0) is 104 Å². The van der Waals surface area contributed by atoms with Gasteiger partial charge in [0.05, 0.1) is 0 Å². The average Bonchev–Trinajstić information content (AvgIpc) is 3.74. The van der Waals surface area contributed by atoms with Crippen LogP contribution in [-0.4, -0.2) is 4.98 Å². The van der Waals surface area contributed by atoms with E-state index in [2.05, 4.69) is 195 Å². The van der Waals surface area contributed by atoms with Gasteiger partial charge in [0.25, 0.3) is 0 Å². The molecule has 1 aromatic heterocycles. The number of oxazole rings is 1. The van der Waals surface area contributed by atoms with E-state index in [1.807, 2.05) is 6.07 Å². The number of hydrogen-bond acceptors (Lipinski definition) is 3. The number of benzene rings is 8. The fourth-order valence-corrected chi connectivity index (χ4v) is 8.16. The van der Waals surface area contributed by atoms with E-state index in [4.69, 9.17) is 9.40 Å². The van der Waals surface area contributed by atoms with Gasteiger partial charge in [-0.25, -0.2) is 4.98 Å². The predicted molar refractivity (Wildman–Crippen MR) is 220 cm³/mol. The highest BCUT2D eigenvalue weighted by Crippen LogP contribution is 2.50. The van der Waals surface area contributed by atoms with E-state index in [0.717, 1.165) is 39.3 Å². The Morgan fingerprint density at radius 2 is 1.06 bits per heavy atom. The maximum Gasteiger partial charge on any atom is 0.227 e. The van der Waals surface area contributed by atoms with Crippen molar-refractivity contribution in [2.45, 2.75) is 19.3 Å². The number of hydrogen-bond donors (Lipinski definition) is 0. The molecule has 0 saturated carbocycles. The summed E-state index contributed by atoms with van der Waals surface area (Å²) in [6, 6.07) is 64.9. The van der Waals surface area contributed by atoms with Crippen LogP contribution in [0, 0.1) is 0 Å². The Bertz CT molecular complexity index is 2790. The Morgan fingerprint density at radius 1 is 0.453 bits per heavy atom. The molecule has 8 aromatic carbocycles. The third kappa shape index (κ3) is 5.24. The molecule has 0 bridgehead atoms. The first-order valence-corrected chi connectivity index (χ1v) is 18.2. The number of rotatable bonds is 6. The smallest absolute Gasteiger partial charge is 0.227 e. The second kappa shape index (κ2) is 12.2. The van der Waals surface area contributed by atoms with Gasteiger partial charge < -0.3 is 9.32 Å². The van der Waals surface area contributed by atoms with E-state index in [1.54, 1.807) is 0 Å². The third-order valence-corrected chi connectivity index (χ3v) is 10.9. The summed E-state index contributed by atoms with van der Waals surface area (Å²) in [5.41, 5.74) is 15.6. The van der Waals surface area contributed by atoms with Crippen LogP contribution in [0.1, 0.15) is 25.0 Å². The number of anilines is 3. The van der Waals surface area contributed by atoms with E-state index in [9.17, 15) is 0 Å². The molecular weight excluding hydrogens is 645 g/mol. The highest BCUT2D eigenvalue weighted by molar-refractivity contribution is 5.97. The predicted octanol–water partition coefficient (Wildman–Crippen LogP) is 13.8. The summed E-state index contributed by atoms with van der Waals surface area (Å²) in [5.74, 6) is 0.611. The minimum Gasteiger partial charge on any atom is -0.436 e. The average molecular weight is 681 g/mol. The minimum atomic E-state index is -0.119. The largest absolute Gasteiger partial charge is 0.436 e. The lowest BCUT2D eigenvalue weighted by atomic mass is 9.82. The van der Waals surface area contributed by atoms with Crippen LogP contribution in [0.15, 0.2) is 186 Å². The number of aromatic nitrogens is 1. The van der Waals surface area contributed by atoms with Crippen molar-refractivity contribution in [3.63, 3.8) is 0 Å². The molecule has 0 unspecified atom stereocenters. The van der Waals surface area contributed by atoms with Gasteiger partial charge in [-0.1, -0.05) is 141 Å². The highest BCUT2D eigenvalue weighted by Gasteiger charge is 2.35. The van der Waals surface area contributed by atoms with Gasteiger partial charge in [-0.3, -0.25) is 0 Å². The molecule has 0 spiro atoms. The molecule has 0 N–H and O–H groups in total. The molecule has 53 heavy (non-hydrogen) atoms. The lowest BCUT2D eigenvalue weighted by molar-refractivity contribution is 0.620. The maximum absolute atomic E-state index is 6.49. The van der Waals surface area contributed by atoms with Crippen molar-refractivity contribution in [1.82, 2.24) is 4.98 Å². The molecule has 1 aliphatic carbocycles. The Kier molecular flexibility index (Phi) is 7.16. The molecule has 0 amide bonds. The zero-order valence-corrected chi connectivity index (χ0v) is 29.6. The summed E-state index contributed by atoms with van der Waals surface area (Å²) < 4.78 is 6.49. The van der Waals surface area contributed by atoms with Crippen molar-refractivity contribution >= 4 is 38.9 Å². The second-order valence-corrected chi connectivity index (χ2v) is 14.4. The monoisotopic (exact) mass is 680 g/mol. The maximum atomic E-state index is 6.49. The first-order valence-electron chi connectivity index (χ1n) is 18.2. The van der Waals surface area contributed by atoms with Gasteiger partial charge in [-0.15, -0.1) is 0 Å². The van der Waals surface area contributed by atoms with Crippen molar-refractivity contribution in [3.05, 3.63) is 193 Å². The number of nitrogens with zero attached hydrogens (tertiary/aromatic N) is 2. The molecule has 1 aliphatic rings. The molecule has 0 aliphatic heterocycles. The Labute approximate surface area is 309 Å². The van der Waals surface area contributed by atoms with Crippen LogP contribution in [-0.2, 0) is 5.41 Å². The van der Waals surface area contributed by atoms with Gasteiger partial charge >= 0.3 is 0 Å². The fraction of sp³-hybridized carbons (Fsp3) is 0.0600. The summed E-state index contributed by atoms with van der Waals surface area (Å²) in [6.45, 7) is 4.67. The van der Waals surface area contributed by atoms with Crippen LogP contribution in [0.2, 0.25) is 0 Å². The standard InChI is InChI=1S/C50H36N2O/c1-50(2)45-18-9-8-16-43(45)44-29-27-39(31-46(44)50)52(38-25-23-36(24-26-38)42-17-10-14-35-13-6-7-15-41(35)42)40-28-30-47-48(32-40)53-49(51-47)37-21-19-34(20-22-37)33-11-4-3-5-12-33/h3-32H,1-2H3. The molecule has 252 valence electrons.